The Balaban J connectivity index is 1.88. The first kappa shape index (κ1) is 12.4. The van der Waals surface area contributed by atoms with Gasteiger partial charge in [-0.15, -0.1) is 0 Å². The first-order valence-corrected chi connectivity index (χ1v) is 6.87. The van der Waals surface area contributed by atoms with Crippen LogP contribution in [0.2, 0.25) is 0 Å². The third-order valence-corrected chi connectivity index (χ3v) is 3.57. The zero-order chi connectivity index (χ0) is 11.9. The largest absolute Gasteiger partial charge is 0.382 e. The van der Waals surface area contributed by atoms with E-state index in [2.05, 4.69) is 5.32 Å². The summed E-state index contributed by atoms with van der Waals surface area (Å²) in [7, 11) is 0. The number of rotatable bonds is 2. The number of hydrogen-bond donors (Lipinski definition) is 1. The second kappa shape index (κ2) is 6.63. The van der Waals surface area contributed by atoms with Crippen molar-refractivity contribution < 1.29 is 4.39 Å². The van der Waals surface area contributed by atoms with Crippen LogP contribution in [0.1, 0.15) is 51.4 Å². The van der Waals surface area contributed by atoms with E-state index in [1.165, 1.54) is 63.5 Å². The summed E-state index contributed by atoms with van der Waals surface area (Å²) in [4.78, 5) is 0. The highest BCUT2D eigenvalue weighted by Crippen LogP contribution is 2.20. The van der Waals surface area contributed by atoms with Gasteiger partial charge in [0.25, 0.3) is 0 Å². The molecule has 17 heavy (non-hydrogen) atoms. The van der Waals surface area contributed by atoms with Crippen molar-refractivity contribution in [3.63, 3.8) is 0 Å². The van der Waals surface area contributed by atoms with Crippen LogP contribution in [0.25, 0.3) is 0 Å². The van der Waals surface area contributed by atoms with E-state index in [-0.39, 0.29) is 5.82 Å². The predicted octanol–water partition coefficient (Wildman–Crippen LogP) is 4.74. The van der Waals surface area contributed by atoms with Gasteiger partial charge in [-0.1, -0.05) is 38.5 Å². The van der Waals surface area contributed by atoms with Crippen molar-refractivity contribution in [2.24, 2.45) is 0 Å². The van der Waals surface area contributed by atoms with E-state index in [0.717, 1.165) is 5.69 Å². The third kappa shape index (κ3) is 4.37. The fraction of sp³-hybridized carbons (Fsp3) is 0.600. The van der Waals surface area contributed by atoms with E-state index in [1.54, 1.807) is 0 Å². The summed E-state index contributed by atoms with van der Waals surface area (Å²) in [5.74, 6) is -0.162. The van der Waals surface area contributed by atoms with E-state index >= 15 is 0 Å². The van der Waals surface area contributed by atoms with Crippen LogP contribution in [-0.2, 0) is 0 Å². The van der Waals surface area contributed by atoms with E-state index in [1.807, 2.05) is 12.1 Å². The van der Waals surface area contributed by atoms with E-state index in [4.69, 9.17) is 0 Å². The molecule has 1 aromatic rings. The van der Waals surface area contributed by atoms with Crippen molar-refractivity contribution in [3.8, 4) is 0 Å². The number of halogens is 1. The molecule has 0 bridgehead atoms. The summed E-state index contributed by atoms with van der Waals surface area (Å²) >= 11 is 0. The molecule has 1 saturated carbocycles. The van der Waals surface area contributed by atoms with Crippen LogP contribution < -0.4 is 5.32 Å². The maximum Gasteiger partial charge on any atom is 0.123 e. The number of nitrogens with one attached hydrogen (secondary N) is 1. The molecule has 0 atom stereocenters. The highest BCUT2D eigenvalue weighted by Gasteiger charge is 2.10. The molecule has 0 saturated heterocycles. The SMILES string of the molecule is Fc1ccc(NC2CCCCCCCC2)cc1. The minimum absolute atomic E-state index is 0.162. The Hall–Kier alpha value is -1.05. The Morgan fingerprint density at radius 1 is 0.824 bits per heavy atom. The van der Waals surface area contributed by atoms with Gasteiger partial charge in [-0.3, -0.25) is 0 Å². The average molecular weight is 235 g/mol. The topological polar surface area (TPSA) is 12.0 Å². The van der Waals surface area contributed by atoms with Crippen molar-refractivity contribution in [1.29, 1.82) is 0 Å². The number of anilines is 1. The Kier molecular flexibility index (Phi) is 4.84. The summed E-state index contributed by atoms with van der Waals surface area (Å²) in [6.45, 7) is 0. The highest BCUT2D eigenvalue weighted by molar-refractivity contribution is 5.43. The molecule has 0 spiro atoms. The maximum absolute atomic E-state index is 12.8. The zero-order valence-corrected chi connectivity index (χ0v) is 10.4. The van der Waals surface area contributed by atoms with Crippen LogP contribution in [0.4, 0.5) is 10.1 Å². The molecule has 1 N–H and O–H groups in total. The van der Waals surface area contributed by atoms with Crippen molar-refractivity contribution >= 4 is 5.69 Å². The molecule has 2 rings (SSSR count). The standard InChI is InChI=1S/C15H22FN/c16-13-9-11-15(12-10-13)17-14-7-5-3-1-2-4-6-8-14/h9-12,14,17H,1-8H2. The lowest BCUT2D eigenvalue weighted by atomic mass is 10.0. The molecule has 1 aliphatic carbocycles. The van der Waals surface area contributed by atoms with Gasteiger partial charge in [-0.05, 0) is 37.1 Å². The van der Waals surface area contributed by atoms with E-state index in [0.29, 0.717) is 6.04 Å². The van der Waals surface area contributed by atoms with Gasteiger partial charge in [0.15, 0.2) is 0 Å². The normalized spacial score (nSPS) is 19.1. The monoisotopic (exact) mass is 235 g/mol. The van der Waals surface area contributed by atoms with Crippen molar-refractivity contribution in [2.45, 2.75) is 57.4 Å². The van der Waals surface area contributed by atoms with Gasteiger partial charge in [0.1, 0.15) is 5.82 Å². The molecule has 1 aliphatic rings. The van der Waals surface area contributed by atoms with Crippen LogP contribution in [0.15, 0.2) is 24.3 Å². The lowest BCUT2D eigenvalue weighted by molar-refractivity contribution is 0.563. The zero-order valence-electron chi connectivity index (χ0n) is 10.4. The van der Waals surface area contributed by atoms with E-state index < -0.39 is 0 Å². The lowest BCUT2D eigenvalue weighted by Gasteiger charge is -2.19. The van der Waals surface area contributed by atoms with Crippen molar-refractivity contribution in [1.82, 2.24) is 0 Å². The first-order chi connectivity index (χ1) is 8.34. The maximum atomic E-state index is 12.8. The Morgan fingerprint density at radius 3 is 1.94 bits per heavy atom. The summed E-state index contributed by atoms with van der Waals surface area (Å²) < 4.78 is 12.8. The molecule has 0 radical (unpaired) electrons. The van der Waals surface area contributed by atoms with Gasteiger partial charge in [0.05, 0.1) is 0 Å². The Morgan fingerprint density at radius 2 is 1.35 bits per heavy atom. The first-order valence-electron chi connectivity index (χ1n) is 6.87. The van der Waals surface area contributed by atoms with Gasteiger partial charge >= 0.3 is 0 Å². The molecule has 94 valence electrons. The minimum atomic E-state index is -0.162. The van der Waals surface area contributed by atoms with Gasteiger partial charge in [-0.2, -0.15) is 0 Å². The van der Waals surface area contributed by atoms with Crippen molar-refractivity contribution in [3.05, 3.63) is 30.1 Å². The van der Waals surface area contributed by atoms with Crippen LogP contribution in [0.3, 0.4) is 0 Å². The lowest BCUT2D eigenvalue weighted by Crippen LogP contribution is -2.19. The molecule has 2 heteroatoms. The second-order valence-corrected chi connectivity index (χ2v) is 5.05. The minimum Gasteiger partial charge on any atom is -0.382 e. The summed E-state index contributed by atoms with van der Waals surface area (Å²) in [6, 6.07) is 7.29. The molecule has 1 nitrogen and oxygen atoms in total. The smallest absolute Gasteiger partial charge is 0.123 e. The molecule has 0 heterocycles. The van der Waals surface area contributed by atoms with Crippen LogP contribution in [0.5, 0.6) is 0 Å². The Bertz CT molecular complexity index is 310. The molecule has 0 amide bonds. The molecule has 0 unspecified atom stereocenters. The van der Waals surface area contributed by atoms with Crippen LogP contribution >= 0.6 is 0 Å². The molecule has 0 aliphatic heterocycles. The quantitative estimate of drug-likeness (QED) is 0.780. The fourth-order valence-electron chi connectivity index (χ4n) is 2.56. The second-order valence-electron chi connectivity index (χ2n) is 5.05. The molecule has 0 aromatic heterocycles. The molecular formula is C15H22FN. The van der Waals surface area contributed by atoms with Gasteiger partial charge < -0.3 is 5.32 Å². The van der Waals surface area contributed by atoms with Gasteiger partial charge in [0.2, 0.25) is 0 Å². The Labute approximate surface area is 103 Å². The number of hydrogen-bond acceptors (Lipinski definition) is 1. The van der Waals surface area contributed by atoms with Gasteiger partial charge in [0, 0.05) is 11.7 Å². The van der Waals surface area contributed by atoms with Gasteiger partial charge in [-0.25, -0.2) is 4.39 Å². The molecule has 1 fully saturated rings. The molecule has 1 aromatic carbocycles. The molecular weight excluding hydrogens is 213 g/mol. The summed E-state index contributed by atoms with van der Waals surface area (Å²) in [5, 5.41) is 3.54. The fourth-order valence-corrected chi connectivity index (χ4v) is 2.56. The van der Waals surface area contributed by atoms with Crippen molar-refractivity contribution in [2.75, 3.05) is 5.32 Å². The number of benzene rings is 1. The van der Waals surface area contributed by atoms with E-state index in [9.17, 15) is 4.39 Å². The highest BCUT2D eigenvalue weighted by atomic mass is 19.1. The summed E-state index contributed by atoms with van der Waals surface area (Å²) in [5.41, 5.74) is 1.05. The third-order valence-electron chi connectivity index (χ3n) is 3.57. The van der Waals surface area contributed by atoms with Crippen LogP contribution in [-0.4, -0.2) is 6.04 Å². The predicted molar refractivity (Wildman–Crippen MR) is 70.7 cm³/mol. The van der Waals surface area contributed by atoms with Crippen LogP contribution in [0, 0.1) is 5.82 Å². The average Bonchev–Trinajstić information content (AvgIpc) is 2.46. The summed E-state index contributed by atoms with van der Waals surface area (Å²) in [6.07, 6.45) is 10.6.